The Morgan fingerprint density at radius 1 is 1.53 bits per heavy atom. The largest absolute Gasteiger partial charge is 0.469 e. The highest BCUT2D eigenvalue weighted by Crippen LogP contribution is 2.09. The summed E-state index contributed by atoms with van der Waals surface area (Å²) in [5.74, 6) is 0.911. The molecule has 0 saturated heterocycles. The number of carbonyl (C=O) groups excluding carboxylic acids is 1. The van der Waals surface area contributed by atoms with Crippen LogP contribution in [-0.2, 0) is 11.2 Å². The second kappa shape index (κ2) is 5.99. The average Bonchev–Trinajstić information content (AvgIpc) is 2.90. The molecule has 1 unspecified atom stereocenters. The van der Waals surface area contributed by atoms with Crippen LogP contribution in [0.5, 0.6) is 0 Å². The molecule has 0 aromatic carbocycles. The minimum Gasteiger partial charge on any atom is -0.469 e. The second-order valence-electron chi connectivity index (χ2n) is 4.11. The highest BCUT2D eigenvalue weighted by molar-refractivity contribution is 5.87. The Bertz CT molecular complexity index is 540. The lowest BCUT2D eigenvalue weighted by atomic mass is 10.2. The lowest BCUT2D eigenvalue weighted by molar-refractivity contribution is 0.0593. The number of anilines is 1. The number of rotatable bonds is 5. The van der Waals surface area contributed by atoms with Gasteiger partial charge in [0.2, 0.25) is 0 Å². The van der Waals surface area contributed by atoms with Gasteiger partial charge in [-0.25, -0.2) is 9.78 Å². The molecule has 0 saturated carbocycles. The molecule has 19 heavy (non-hydrogen) atoms. The standard InChI is InChI=1S/C13H15N3O3/c1-9(6-10-4-3-5-19-10)15-12-8-14-7-11(16-12)13(17)18-2/h3-5,7-9H,6H2,1-2H3,(H,15,16). The summed E-state index contributed by atoms with van der Waals surface area (Å²) in [7, 11) is 1.31. The van der Waals surface area contributed by atoms with E-state index < -0.39 is 5.97 Å². The number of nitrogens with one attached hydrogen (secondary N) is 1. The van der Waals surface area contributed by atoms with Crippen LogP contribution in [0.25, 0.3) is 0 Å². The molecule has 0 aliphatic rings. The zero-order chi connectivity index (χ0) is 13.7. The maximum absolute atomic E-state index is 11.3. The molecule has 0 amide bonds. The summed E-state index contributed by atoms with van der Waals surface area (Å²) < 4.78 is 9.87. The average molecular weight is 261 g/mol. The zero-order valence-electron chi connectivity index (χ0n) is 10.8. The monoisotopic (exact) mass is 261 g/mol. The highest BCUT2D eigenvalue weighted by Gasteiger charge is 2.11. The van der Waals surface area contributed by atoms with Gasteiger partial charge in [-0.3, -0.25) is 4.98 Å². The molecule has 1 atom stereocenters. The third-order valence-corrected chi connectivity index (χ3v) is 2.51. The second-order valence-corrected chi connectivity index (χ2v) is 4.11. The third kappa shape index (κ3) is 3.54. The first-order valence-electron chi connectivity index (χ1n) is 5.88. The van der Waals surface area contributed by atoms with Crippen molar-refractivity contribution in [3.05, 3.63) is 42.2 Å². The van der Waals surface area contributed by atoms with Gasteiger partial charge in [0.05, 0.1) is 25.8 Å². The molecule has 2 rings (SSSR count). The van der Waals surface area contributed by atoms with E-state index in [4.69, 9.17) is 4.42 Å². The van der Waals surface area contributed by atoms with E-state index in [0.29, 0.717) is 5.82 Å². The minimum atomic E-state index is -0.505. The van der Waals surface area contributed by atoms with Crippen molar-refractivity contribution in [2.75, 3.05) is 12.4 Å². The van der Waals surface area contributed by atoms with Gasteiger partial charge >= 0.3 is 5.97 Å². The van der Waals surface area contributed by atoms with E-state index in [0.717, 1.165) is 12.2 Å². The van der Waals surface area contributed by atoms with Crippen molar-refractivity contribution in [3.63, 3.8) is 0 Å². The normalized spacial score (nSPS) is 11.9. The molecule has 100 valence electrons. The van der Waals surface area contributed by atoms with Gasteiger partial charge < -0.3 is 14.5 Å². The summed E-state index contributed by atoms with van der Waals surface area (Å²) in [4.78, 5) is 19.4. The van der Waals surface area contributed by atoms with Gasteiger partial charge in [-0.2, -0.15) is 0 Å². The van der Waals surface area contributed by atoms with Crippen molar-refractivity contribution in [1.82, 2.24) is 9.97 Å². The zero-order valence-corrected chi connectivity index (χ0v) is 10.8. The van der Waals surface area contributed by atoms with E-state index in [-0.39, 0.29) is 11.7 Å². The number of carbonyl (C=O) groups is 1. The number of furan rings is 1. The molecule has 0 fully saturated rings. The van der Waals surface area contributed by atoms with Gasteiger partial charge in [0.25, 0.3) is 0 Å². The maximum atomic E-state index is 11.3. The van der Waals surface area contributed by atoms with Crippen LogP contribution in [-0.4, -0.2) is 29.1 Å². The van der Waals surface area contributed by atoms with Crippen LogP contribution in [0.2, 0.25) is 0 Å². The molecule has 6 heteroatoms. The SMILES string of the molecule is COC(=O)c1cncc(NC(C)Cc2ccco2)n1. The van der Waals surface area contributed by atoms with Gasteiger partial charge in [-0.15, -0.1) is 0 Å². The van der Waals surface area contributed by atoms with Crippen molar-refractivity contribution < 1.29 is 13.9 Å². The topological polar surface area (TPSA) is 77.2 Å². The van der Waals surface area contributed by atoms with Crippen molar-refractivity contribution in [2.45, 2.75) is 19.4 Å². The summed E-state index contributed by atoms with van der Waals surface area (Å²) in [5.41, 5.74) is 0.178. The van der Waals surface area contributed by atoms with E-state index in [1.165, 1.54) is 13.3 Å². The van der Waals surface area contributed by atoms with E-state index in [2.05, 4.69) is 20.0 Å². The van der Waals surface area contributed by atoms with Crippen molar-refractivity contribution in [3.8, 4) is 0 Å². The Morgan fingerprint density at radius 2 is 2.37 bits per heavy atom. The predicted molar refractivity (Wildman–Crippen MR) is 68.9 cm³/mol. The Labute approximate surface area is 110 Å². The van der Waals surface area contributed by atoms with Crippen LogP contribution in [0.3, 0.4) is 0 Å². The Morgan fingerprint density at radius 3 is 3.05 bits per heavy atom. The van der Waals surface area contributed by atoms with Gasteiger partial charge in [0.1, 0.15) is 11.6 Å². The highest BCUT2D eigenvalue weighted by atomic mass is 16.5. The lowest BCUT2D eigenvalue weighted by Crippen LogP contribution is -2.19. The Kier molecular flexibility index (Phi) is 4.12. The minimum absolute atomic E-state index is 0.105. The van der Waals surface area contributed by atoms with E-state index in [1.54, 1.807) is 12.5 Å². The predicted octanol–water partition coefficient (Wildman–Crippen LogP) is 1.90. The van der Waals surface area contributed by atoms with Crippen molar-refractivity contribution in [1.29, 1.82) is 0 Å². The molecule has 0 radical (unpaired) electrons. The number of esters is 1. The fraction of sp³-hybridized carbons (Fsp3) is 0.308. The maximum Gasteiger partial charge on any atom is 0.358 e. The first-order valence-corrected chi connectivity index (χ1v) is 5.88. The van der Waals surface area contributed by atoms with Crippen molar-refractivity contribution in [2.24, 2.45) is 0 Å². The number of hydrogen-bond acceptors (Lipinski definition) is 6. The smallest absolute Gasteiger partial charge is 0.358 e. The van der Waals surface area contributed by atoms with E-state index >= 15 is 0 Å². The number of hydrogen-bond donors (Lipinski definition) is 1. The quantitative estimate of drug-likeness (QED) is 0.828. The Hall–Kier alpha value is -2.37. The van der Waals surface area contributed by atoms with Crippen LogP contribution < -0.4 is 5.32 Å². The molecular formula is C13H15N3O3. The summed E-state index contributed by atoms with van der Waals surface area (Å²) in [6.45, 7) is 2.00. The molecule has 0 aliphatic heterocycles. The van der Waals surface area contributed by atoms with Gasteiger partial charge in [0, 0.05) is 12.5 Å². The molecule has 2 aromatic heterocycles. The molecular weight excluding hydrogens is 246 g/mol. The molecule has 2 aromatic rings. The summed E-state index contributed by atoms with van der Waals surface area (Å²) in [6, 6.07) is 3.86. The summed E-state index contributed by atoms with van der Waals surface area (Å²) in [6.07, 6.45) is 5.29. The number of aromatic nitrogens is 2. The number of methoxy groups -OCH3 is 1. The van der Waals surface area contributed by atoms with Crippen LogP contribution in [0.15, 0.2) is 35.2 Å². The molecule has 0 spiro atoms. The number of ether oxygens (including phenoxy) is 1. The first kappa shape index (κ1) is 13.1. The van der Waals surface area contributed by atoms with Crippen LogP contribution >= 0.6 is 0 Å². The van der Waals surface area contributed by atoms with Crippen LogP contribution in [0.4, 0.5) is 5.82 Å². The van der Waals surface area contributed by atoms with Gasteiger partial charge in [-0.05, 0) is 19.1 Å². The first-order chi connectivity index (χ1) is 9.19. The van der Waals surface area contributed by atoms with Crippen LogP contribution in [0.1, 0.15) is 23.2 Å². The third-order valence-electron chi connectivity index (χ3n) is 2.51. The van der Waals surface area contributed by atoms with E-state index in [9.17, 15) is 4.79 Å². The molecule has 2 heterocycles. The molecule has 0 bridgehead atoms. The number of nitrogens with zero attached hydrogens (tertiary/aromatic N) is 2. The Balaban J connectivity index is 2.00. The molecule has 1 N–H and O–H groups in total. The fourth-order valence-electron chi connectivity index (χ4n) is 1.67. The molecule has 6 nitrogen and oxygen atoms in total. The summed E-state index contributed by atoms with van der Waals surface area (Å²) in [5, 5.41) is 3.16. The van der Waals surface area contributed by atoms with Gasteiger partial charge in [0.15, 0.2) is 5.69 Å². The van der Waals surface area contributed by atoms with E-state index in [1.807, 2.05) is 19.1 Å². The fourth-order valence-corrected chi connectivity index (χ4v) is 1.67. The van der Waals surface area contributed by atoms with Crippen LogP contribution in [0, 0.1) is 0 Å². The summed E-state index contributed by atoms with van der Waals surface area (Å²) >= 11 is 0. The molecule has 0 aliphatic carbocycles. The van der Waals surface area contributed by atoms with Gasteiger partial charge in [-0.1, -0.05) is 0 Å². The van der Waals surface area contributed by atoms with Crippen molar-refractivity contribution >= 4 is 11.8 Å². The lowest BCUT2D eigenvalue weighted by Gasteiger charge is -2.13.